The third-order valence-electron chi connectivity index (χ3n) is 3.43. The standard InChI is InChI=1S/C14H17ClFN3O2.ClH/c1-9(17)13(20)18-4-6-19(7-5-18)14(21)11-3-2-10(15)8-12(11)16;/h2-3,8-9H,4-7,17H2,1H3;1H/t9-;/m0./s1. The molecule has 2 rings (SSSR count). The Bertz CT molecular complexity index is 561. The summed E-state index contributed by atoms with van der Waals surface area (Å²) in [5.74, 6) is -1.17. The molecule has 1 aromatic carbocycles. The fraction of sp³-hybridized carbons (Fsp3) is 0.429. The average molecular weight is 350 g/mol. The van der Waals surface area contributed by atoms with E-state index in [1.165, 1.54) is 17.0 Å². The highest BCUT2D eigenvalue weighted by Gasteiger charge is 2.27. The van der Waals surface area contributed by atoms with Gasteiger partial charge in [-0.3, -0.25) is 9.59 Å². The molecule has 0 spiro atoms. The van der Waals surface area contributed by atoms with Crippen LogP contribution in [0.25, 0.3) is 0 Å². The van der Waals surface area contributed by atoms with Crippen molar-refractivity contribution in [2.45, 2.75) is 13.0 Å². The first-order chi connectivity index (χ1) is 9.90. The first-order valence-electron chi connectivity index (χ1n) is 6.69. The van der Waals surface area contributed by atoms with E-state index in [0.717, 1.165) is 6.07 Å². The van der Waals surface area contributed by atoms with E-state index in [-0.39, 0.29) is 28.9 Å². The van der Waals surface area contributed by atoms with E-state index in [4.69, 9.17) is 17.3 Å². The fourth-order valence-electron chi connectivity index (χ4n) is 2.25. The lowest BCUT2D eigenvalue weighted by Gasteiger charge is -2.35. The molecule has 1 aliphatic rings. The van der Waals surface area contributed by atoms with Crippen LogP contribution in [-0.2, 0) is 4.79 Å². The van der Waals surface area contributed by atoms with Gasteiger partial charge in [0, 0.05) is 31.2 Å². The molecule has 5 nitrogen and oxygen atoms in total. The minimum absolute atomic E-state index is 0. The van der Waals surface area contributed by atoms with Crippen molar-refractivity contribution in [2.24, 2.45) is 5.73 Å². The van der Waals surface area contributed by atoms with Crippen LogP contribution in [0, 0.1) is 5.82 Å². The van der Waals surface area contributed by atoms with E-state index >= 15 is 0 Å². The Morgan fingerprint density at radius 1 is 1.23 bits per heavy atom. The zero-order chi connectivity index (χ0) is 15.6. The monoisotopic (exact) mass is 349 g/mol. The highest BCUT2D eigenvalue weighted by Crippen LogP contribution is 2.17. The Morgan fingerprint density at radius 3 is 2.27 bits per heavy atom. The molecule has 8 heteroatoms. The van der Waals surface area contributed by atoms with Crippen molar-refractivity contribution in [3.05, 3.63) is 34.6 Å². The number of nitrogens with two attached hydrogens (primary N) is 1. The molecule has 1 heterocycles. The number of carbonyl (C=O) groups is 2. The number of carbonyl (C=O) groups excluding carboxylic acids is 2. The molecule has 0 aliphatic carbocycles. The van der Waals surface area contributed by atoms with Gasteiger partial charge in [-0.25, -0.2) is 4.39 Å². The quantitative estimate of drug-likeness (QED) is 0.880. The maximum atomic E-state index is 13.8. The second-order valence-electron chi connectivity index (χ2n) is 5.03. The Kier molecular flexibility index (Phi) is 6.59. The van der Waals surface area contributed by atoms with Crippen LogP contribution in [0.5, 0.6) is 0 Å². The smallest absolute Gasteiger partial charge is 0.256 e. The lowest BCUT2D eigenvalue weighted by molar-refractivity contribution is -0.133. The second-order valence-corrected chi connectivity index (χ2v) is 5.47. The predicted molar refractivity (Wildman–Crippen MR) is 84.8 cm³/mol. The maximum absolute atomic E-state index is 13.8. The van der Waals surface area contributed by atoms with Gasteiger partial charge in [0.15, 0.2) is 0 Å². The minimum atomic E-state index is -0.637. The van der Waals surface area contributed by atoms with Gasteiger partial charge in [0.1, 0.15) is 5.82 Å². The van der Waals surface area contributed by atoms with Gasteiger partial charge in [-0.1, -0.05) is 11.6 Å². The highest BCUT2D eigenvalue weighted by molar-refractivity contribution is 6.30. The van der Waals surface area contributed by atoms with Crippen LogP contribution >= 0.6 is 24.0 Å². The first-order valence-corrected chi connectivity index (χ1v) is 7.06. The molecule has 2 N–H and O–H groups in total. The number of hydrogen-bond donors (Lipinski definition) is 1. The lowest BCUT2D eigenvalue weighted by atomic mass is 10.1. The van der Waals surface area contributed by atoms with Gasteiger partial charge in [0.2, 0.25) is 5.91 Å². The van der Waals surface area contributed by atoms with Gasteiger partial charge >= 0.3 is 0 Å². The van der Waals surface area contributed by atoms with Crippen LogP contribution in [0.15, 0.2) is 18.2 Å². The first kappa shape index (κ1) is 18.7. The van der Waals surface area contributed by atoms with Gasteiger partial charge in [0.05, 0.1) is 11.6 Å². The minimum Gasteiger partial charge on any atom is -0.338 e. The number of amides is 2. The van der Waals surface area contributed by atoms with Crippen molar-refractivity contribution in [3.63, 3.8) is 0 Å². The van der Waals surface area contributed by atoms with Gasteiger partial charge in [-0.05, 0) is 25.1 Å². The van der Waals surface area contributed by atoms with E-state index < -0.39 is 17.8 Å². The van der Waals surface area contributed by atoms with Crippen molar-refractivity contribution in [2.75, 3.05) is 26.2 Å². The van der Waals surface area contributed by atoms with E-state index in [0.29, 0.717) is 26.2 Å². The number of piperazine rings is 1. The van der Waals surface area contributed by atoms with Gasteiger partial charge < -0.3 is 15.5 Å². The molecule has 1 fully saturated rings. The predicted octanol–water partition coefficient (Wildman–Crippen LogP) is 1.53. The Hall–Kier alpha value is -1.37. The van der Waals surface area contributed by atoms with E-state index in [1.807, 2.05) is 0 Å². The van der Waals surface area contributed by atoms with Crippen LogP contribution in [0.4, 0.5) is 4.39 Å². The van der Waals surface area contributed by atoms with Crippen LogP contribution in [0.1, 0.15) is 17.3 Å². The average Bonchev–Trinajstić information content (AvgIpc) is 2.46. The fourth-order valence-corrected chi connectivity index (χ4v) is 2.41. The molecule has 2 amide bonds. The Morgan fingerprint density at radius 2 is 1.77 bits per heavy atom. The molecule has 0 radical (unpaired) electrons. The van der Waals surface area contributed by atoms with Crippen molar-refractivity contribution < 1.29 is 14.0 Å². The highest BCUT2D eigenvalue weighted by atomic mass is 35.5. The van der Waals surface area contributed by atoms with Gasteiger partial charge in [-0.2, -0.15) is 0 Å². The summed E-state index contributed by atoms with van der Waals surface area (Å²) >= 11 is 5.67. The molecule has 0 unspecified atom stereocenters. The molecule has 0 saturated carbocycles. The molecule has 22 heavy (non-hydrogen) atoms. The SMILES string of the molecule is C[C@H](N)C(=O)N1CCN(C(=O)c2ccc(Cl)cc2F)CC1.Cl. The molecule has 1 saturated heterocycles. The molecular formula is C14H18Cl2FN3O2. The molecule has 1 atom stereocenters. The number of benzene rings is 1. The molecule has 0 bridgehead atoms. The summed E-state index contributed by atoms with van der Waals surface area (Å²) in [7, 11) is 0. The molecule has 1 aliphatic heterocycles. The summed E-state index contributed by atoms with van der Waals surface area (Å²) in [4.78, 5) is 27.2. The summed E-state index contributed by atoms with van der Waals surface area (Å²) in [5.41, 5.74) is 5.54. The lowest BCUT2D eigenvalue weighted by Crippen LogP contribution is -2.53. The summed E-state index contributed by atoms with van der Waals surface area (Å²) in [6.45, 7) is 3.16. The van der Waals surface area contributed by atoms with Crippen molar-refractivity contribution >= 4 is 35.8 Å². The summed E-state index contributed by atoms with van der Waals surface area (Å²) in [6, 6.07) is 3.42. The van der Waals surface area contributed by atoms with Crippen molar-refractivity contribution in [1.29, 1.82) is 0 Å². The number of rotatable bonds is 2. The molecular weight excluding hydrogens is 332 g/mol. The zero-order valence-electron chi connectivity index (χ0n) is 12.1. The zero-order valence-corrected chi connectivity index (χ0v) is 13.7. The number of hydrogen-bond acceptors (Lipinski definition) is 3. The summed E-state index contributed by atoms with van der Waals surface area (Å²) in [5, 5.41) is 0.247. The Balaban J connectivity index is 0.00000242. The normalized spacial score (nSPS) is 16.0. The van der Waals surface area contributed by atoms with E-state index in [2.05, 4.69) is 0 Å². The van der Waals surface area contributed by atoms with Crippen molar-refractivity contribution in [1.82, 2.24) is 9.80 Å². The largest absolute Gasteiger partial charge is 0.338 e. The second kappa shape index (κ2) is 7.76. The van der Waals surface area contributed by atoms with Crippen molar-refractivity contribution in [3.8, 4) is 0 Å². The summed E-state index contributed by atoms with van der Waals surface area (Å²) < 4.78 is 13.8. The van der Waals surface area contributed by atoms with Crippen LogP contribution < -0.4 is 5.73 Å². The summed E-state index contributed by atoms with van der Waals surface area (Å²) in [6.07, 6.45) is 0. The van der Waals surface area contributed by atoms with E-state index in [9.17, 15) is 14.0 Å². The third kappa shape index (κ3) is 4.09. The molecule has 0 aromatic heterocycles. The van der Waals surface area contributed by atoms with Crippen LogP contribution in [-0.4, -0.2) is 53.8 Å². The number of halogens is 3. The number of nitrogens with zero attached hydrogens (tertiary/aromatic N) is 2. The Labute approximate surface area is 139 Å². The third-order valence-corrected chi connectivity index (χ3v) is 3.66. The van der Waals surface area contributed by atoms with Gasteiger partial charge in [0.25, 0.3) is 5.91 Å². The maximum Gasteiger partial charge on any atom is 0.256 e. The van der Waals surface area contributed by atoms with E-state index in [1.54, 1.807) is 11.8 Å². The van der Waals surface area contributed by atoms with Crippen LogP contribution in [0.3, 0.4) is 0 Å². The van der Waals surface area contributed by atoms with Gasteiger partial charge in [-0.15, -0.1) is 12.4 Å². The topological polar surface area (TPSA) is 66.6 Å². The molecule has 1 aromatic rings. The molecule has 122 valence electrons. The van der Waals surface area contributed by atoms with Crippen LogP contribution in [0.2, 0.25) is 5.02 Å².